The molecule has 0 atom stereocenters. The van der Waals surface area contributed by atoms with E-state index in [0.717, 1.165) is 28.0 Å². The van der Waals surface area contributed by atoms with Crippen LogP contribution >= 0.6 is 0 Å². The van der Waals surface area contributed by atoms with E-state index in [-0.39, 0.29) is 0 Å². The number of benzene rings is 2. The quantitative estimate of drug-likeness (QED) is 0.699. The number of fused-ring (bicyclic) bond motifs is 1. The first-order valence-electron chi connectivity index (χ1n) is 6.27. The molecule has 0 amide bonds. The molecule has 0 bridgehead atoms. The maximum atomic E-state index is 5.77. The molecule has 3 N–H and O–H groups in total. The molecule has 0 fully saturated rings. The largest absolute Gasteiger partial charge is 0.487 e. The number of H-pyrrole nitrogens is 1. The van der Waals surface area contributed by atoms with Crippen LogP contribution < -0.4 is 10.5 Å². The minimum atomic E-state index is 0.525. The Hall–Kier alpha value is -2.42. The smallest absolute Gasteiger partial charge is 0.128 e. The Morgan fingerprint density at radius 1 is 1.05 bits per heavy atom. The van der Waals surface area contributed by atoms with Gasteiger partial charge in [0, 0.05) is 16.6 Å². The van der Waals surface area contributed by atoms with E-state index in [1.165, 1.54) is 5.56 Å². The third-order valence-electron chi connectivity index (χ3n) is 3.12. The Morgan fingerprint density at radius 3 is 2.63 bits per heavy atom. The lowest BCUT2D eigenvalue weighted by Gasteiger charge is -2.04. The molecule has 3 rings (SSSR count). The highest BCUT2D eigenvalue weighted by Gasteiger charge is 2.02. The van der Waals surface area contributed by atoms with Crippen LogP contribution in [0.1, 0.15) is 11.3 Å². The number of anilines is 1. The third-order valence-corrected chi connectivity index (χ3v) is 3.12. The van der Waals surface area contributed by atoms with Crippen molar-refractivity contribution < 1.29 is 4.74 Å². The van der Waals surface area contributed by atoms with Crippen molar-refractivity contribution in [2.75, 3.05) is 5.73 Å². The highest BCUT2D eigenvalue weighted by molar-refractivity contribution is 5.83. The van der Waals surface area contributed by atoms with Crippen LogP contribution in [-0.4, -0.2) is 4.98 Å². The van der Waals surface area contributed by atoms with Crippen LogP contribution in [0.4, 0.5) is 5.69 Å². The van der Waals surface area contributed by atoms with E-state index in [9.17, 15) is 0 Å². The summed E-state index contributed by atoms with van der Waals surface area (Å²) >= 11 is 0. The normalized spacial score (nSPS) is 10.8. The predicted molar refractivity (Wildman–Crippen MR) is 78.2 cm³/mol. The summed E-state index contributed by atoms with van der Waals surface area (Å²) in [6.45, 7) is 2.59. The molecule has 1 heterocycles. The van der Waals surface area contributed by atoms with Gasteiger partial charge in [0.2, 0.25) is 0 Å². The van der Waals surface area contributed by atoms with E-state index in [1.54, 1.807) is 0 Å². The lowest BCUT2D eigenvalue weighted by atomic mass is 10.2. The van der Waals surface area contributed by atoms with Gasteiger partial charge in [-0.05, 0) is 43.3 Å². The summed E-state index contributed by atoms with van der Waals surface area (Å²) in [6, 6.07) is 16.0. The molecule has 2 aromatic carbocycles. The molecule has 0 unspecified atom stereocenters. The van der Waals surface area contributed by atoms with Gasteiger partial charge in [0.15, 0.2) is 0 Å². The van der Waals surface area contributed by atoms with Gasteiger partial charge in [-0.15, -0.1) is 0 Å². The molecule has 0 saturated carbocycles. The standard InChI is InChI=1S/C16H16N2O/c1-11-2-5-15(6-3-11)19-10-14-9-12-8-13(17)4-7-16(12)18-14/h2-9,18H,10,17H2,1H3. The van der Waals surface area contributed by atoms with Crippen LogP contribution in [-0.2, 0) is 6.61 Å². The first-order valence-corrected chi connectivity index (χ1v) is 6.27. The van der Waals surface area contributed by atoms with Crippen LogP contribution in [0.2, 0.25) is 0 Å². The van der Waals surface area contributed by atoms with E-state index < -0.39 is 0 Å². The van der Waals surface area contributed by atoms with Crippen molar-refractivity contribution in [3.8, 4) is 5.75 Å². The number of aromatic nitrogens is 1. The van der Waals surface area contributed by atoms with Gasteiger partial charge >= 0.3 is 0 Å². The third kappa shape index (κ3) is 2.55. The molecule has 0 aliphatic heterocycles. The average molecular weight is 252 g/mol. The zero-order chi connectivity index (χ0) is 13.2. The van der Waals surface area contributed by atoms with Gasteiger partial charge in [-0.3, -0.25) is 0 Å². The Bertz CT molecular complexity index is 698. The van der Waals surface area contributed by atoms with E-state index >= 15 is 0 Å². The summed E-state index contributed by atoms with van der Waals surface area (Å²) in [5, 5.41) is 1.11. The highest BCUT2D eigenvalue weighted by Crippen LogP contribution is 2.20. The molecule has 0 aliphatic carbocycles. The lowest BCUT2D eigenvalue weighted by Crippen LogP contribution is -1.95. The van der Waals surface area contributed by atoms with E-state index in [0.29, 0.717) is 6.61 Å². The summed E-state index contributed by atoms with van der Waals surface area (Å²) in [5.41, 5.74) is 9.90. The Labute approximate surface area is 112 Å². The molecule has 3 aromatic rings. The molecular weight excluding hydrogens is 236 g/mol. The fourth-order valence-corrected chi connectivity index (χ4v) is 2.08. The number of nitrogens with one attached hydrogen (secondary N) is 1. The van der Waals surface area contributed by atoms with Gasteiger partial charge in [-0.2, -0.15) is 0 Å². The maximum absolute atomic E-state index is 5.77. The number of hydrogen-bond acceptors (Lipinski definition) is 2. The number of nitrogen functional groups attached to an aromatic ring is 1. The fraction of sp³-hybridized carbons (Fsp3) is 0.125. The summed E-state index contributed by atoms with van der Waals surface area (Å²) in [7, 11) is 0. The first-order chi connectivity index (χ1) is 9.20. The van der Waals surface area contributed by atoms with Gasteiger partial charge in [0.05, 0.1) is 5.69 Å². The zero-order valence-corrected chi connectivity index (χ0v) is 10.8. The molecule has 0 saturated heterocycles. The van der Waals surface area contributed by atoms with Gasteiger partial charge in [-0.1, -0.05) is 17.7 Å². The number of aryl methyl sites for hydroxylation is 1. The molecule has 96 valence electrons. The first kappa shape index (κ1) is 11.7. The second-order valence-electron chi connectivity index (χ2n) is 4.74. The van der Waals surface area contributed by atoms with Crippen molar-refractivity contribution in [1.82, 2.24) is 4.98 Å². The Morgan fingerprint density at radius 2 is 1.84 bits per heavy atom. The number of nitrogens with two attached hydrogens (primary N) is 1. The summed E-state index contributed by atoms with van der Waals surface area (Å²) < 4.78 is 5.74. The van der Waals surface area contributed by atoms with Crippen molar-refractivity contribution in [2.45, 2.75) is 13.5 Å². The number of aromatic amines is 1. The molecule has 1 aromatic heterocycles. The molecule has 3 nitrogen and oxygen atoms in total. The Kier molecular flexibility index (Phi) is 2.88. The molecule has 3 heteroatoms. The van der Waals surface area contributed by atoms with E-state index in [4.69, 9.17) is 10.5 Å². The van der Waals surface area contributed by atoms with Crippen LogP contribution in [0.3, 0.4) is 0 Å². The topological polar surface area (TPSA) is 51.0 Å². The molecular formula is C16H16N2O. The van der Waals surface area contributed by atoms with Crippen molar-refractivity contribution in [3.63, 3.8) is 0 Å². The van der Waals surface area contributed by atoms with Crippen LogP contribution in [0.25, 0.3) is 10.9 Å². The summed E-state index contributed by atoms with van der Waals surface area (Å²) in [6.07, 6.45) is 0. The van der Waals surface area contributed by atoms with E-state index in [1.807, 2.05) is 42.5 Å². The van der Waals surface area contributed by atoms with Gasteiger partial charge in [0.25, 0.3) is 0 Å². The van der Waals surface area contributed by atoms with Gasteiger partial charge in [-0.25, -0.2) is 0 Å². The second kappa shape index (κ2) is 4.69. The molecule has 0 radical (unpaired) electrons. The fourth-order valence-electron chi connectivity index (χ4n) is 2.08. The zero-order valence-electron chi connectivity index (χ0n) is 10.8. The second-order valence-corrected chi connectivity index (χ2v) is 4.74. The predicted octanol–water partition coefficient (Wildman–Crippen LogP) is 3.64. The number of hydrogen-bond donors (Lipinski definition) is 2. The SMILES string of the molecule is Cc1ccc(OCc2cc3cc(N)ccc3[nH]2)cc1. The lowest BCUT2D eigenvalue weighted by molar-refractivity contribution is 0.302. The number of rotatable bonds is 3. The minimum absolute atomic E-state index is 0.525. The van der Waals surface area contributed by atoms with Crippen molar-refractivity contribution >= 4 is 16.6 Å². The summed E-state index contributed by atoms with van der Waals surface area (Å²) in [5.74, 6) is 0.878. The van der Waals surface area contributed by atoms with Crippen LogP contribution in [0, 0.1) is 6.92 Å². The molecule has 0 spiro atoms. The maximum Gasteiger partial charge on any atom is 0.128 e. The molecule has 19 heavy (non-hydrogen) atoms. The Balaban J connectivity index is 1.76. The highest BCUT2D eigenvalue weighted by atomic mass is 16.5. The van der Waals surface area contributed by atoms with Crippen molar-refractivity contribution in [1.29, 1.82) is 0 Å². The monoisotopic (exact) mass is 252 g/mol. The van der Waals surface area contributed by atoms with Crippen molar-refractivity contribution in [2.24, 2.45) is 0 Å². The van der Waals surface area contributed by atoms with Crippen LogP contribution in [0.15, 0.2) is 48.5 Å². The average Bonchev–Trinajstić information content (AvgIpc) is 2.80. The van der Waals surface area contributed by atoms with Crippen LogP contribution in [0.5, 0.6) is 5.75 Å². The van der Waals surface area contributed by atoms with E-state index in [2.05, 4.69) is 18.0 Å². The summed E-state index contributed by atoms with van der Waals surface area (Å²) in [4.78, 5) is 3.32. The molecule has 0 aliphatic rings. The van der Waals surface area contributed by atoms with Crippen molar-refractivity contribution in [3.05, 3.63) is 59.8 Å². The van der Waals surface area contributed by atoms with Gasteiger partial charge in [0.1, 0.15) is 12.4 Å². The minimum Gasteiger partial charge on any atom is -0.487 e. The number of ether oxygens (including phenoxy) is 1. The van der Waals surface area contributed by atoms with Gasteiger partial charge < -0.3 is 15.5 Å².